The van der Waals surface area contributed by atoms with Gasteiger partial charge in [0.2, 0.25) is 5.91 Å². The van der Waals surface area contributed by atoms with Crippen molar-refractivity contribution < 1.29 is 9.53 Å². The monoisotopic (exact) mass is 412 g/mol. The number of carbonyl (C=O) groups is 1. The highest BCUT2D eigenvalue weighted by molar-refractivity contribution is 7.99. The van der Waals surface area contributed by atoms with Crippen molar-refractivity contribution in [2.75, 3.05) is 18.2 Å². The Morgan fingerprint density at radius 1 is 1.14 bits per heavy atom. The molecule has 144 valence electrons. The van der Waals surface area contributed by atoms with Crippen LogP contribution in [0.3, 0.4) is 0 Å². The van der Waals surface area contributed by atoms with Gasteiger partial charge in [0.15, 0.2) is 0 Å². The highest BCUT2D eigenvalue weighted by atomic mass is 32.2. The fourth-order valence-corrected chi connectivity index (χ4v) is 5.80. The van der Waals surface area contributed by atoms with Crippen LogP contribution in [0.1, 0.15) is 21.9 Å². The van der Waals surface area contributed by atoms with Gasteiger partial charge in [-0.05, 0) is 36.8 Å². The first-order chi connectivity index (χ1) is 13.5. The van der Waals surface area contributed by atoms with Crippen LogP contribution in [-0.4, -0.2) is 23.8 Å². The number of aromatic nitrogens is 1. The van der Waals surface area contributed by atoms with Gasteiger partial charge in [-0.3, -0.25) is 9.59 Å². The van der Waals surface area contributed by atoms with Crippen molar-refractivity contribution in [1.29, 1.82) is 0 Å². The largest absolute Gasteiger partial charge is 0.497 e. The lowest BCUT2D eigenvalue weighted by Gasteiger charge is -2.30. The van der Waals surface area contributed by atoms with E-state index in [9.17, 15) is 9.59 Å². The lowest BCUT2D eigenvalue weighted by molar-refractivity contribution is -0.119. The number of nitrogens with one attached hydrogen (secondary N) is 2. The lowest BCUT2D eigenvalue weighted by atomic mass is 9.85. The maximum absolute atomic E-state index is 13.1. The molecular formula is C21H20N2O3S2. The maximum atomic E-state index is 13.1. The first-order valence-corrected chi connectivity index (χ1v) is 10.7. The van der Waals surface area contributed by atoms with E-state index < -0.39 is 0 Å². The van der Waals surface area contributed by atoms with Crippen LogP contribution in [0.15, 0.2) is 58.4 Å². The third-order valence-corrected chi connectivity index (χ3v) is 7.10. The van der Waals surface area contributed by atoms with Gasteiger partial charge in [0, 0.05) is 22.2 Å². The van der Waals surface area contributed by atoms with Crippen LogP contribution in [0, 0.1) is 12.8 Å². The summed E-state index contributed by atoms with van der Waals surface area (Å²) < 4.78 is 5.26. The van der Waals surface area contributed by atoms with Crippen LogP contribution in [0.25, 0.3) is 0 Å². The van der Waals surface area contributed by atoms with Crippen molar-refractivity contribution in [2.24, 2.45) is 5.92 Å². The number of fused-ring (bicyclic) bond motifs is 1. The van der Waals surface area contributed by atoms with E-state index in [1.807, 2.05) is 55.5 Å². The van der Waals surface area contributed by atoms with Gasteiger partial charge in [0.25, 0.3) is 0 Å². The van der Waals surface area contributed by atoms with Gasteiger partial charge in [-0.25, -0.2) is 0 Å². The third kappa shape index (κ3) is 3.72. The van der Waals surface area contributed by atoms with E-state index in [4.69, 9.17) is 4.74 Å². The second-order valence-electron chi connectivity index (χ2n) is 6.73. The number of methoxy groups -OCH3 is 1. The molecule has 0 bridgehead atoms. The first kappa shape index (κ1) is 18.8. The molecule has 1 aliphatic rings. The number of anilines is 1. The molecule has 0 fully saturated rings. The molecule has 0 spiro atoms. The second kappa shape index (κ2) is 7.85. The van der Waals surface area contributed by atoms with E-state index in [2.05, 4.69) is 10.3 Å². The van der Waals surface area contributed by atoms with E-state index in [-0.39, 0.29) is 22.6 Å². The Morgan fingerprint density at radius 2 is 1.86 bits per heavy atom. The number of thiazole rings is 1. The minimum Gasteiger partial charge on any atom is -0.497 e. The molecule has 0 radical (unpaired) electrons. The Labute approximate surface area is 171 Å². The van der Waals surface area contributed by atoms with Crippen molar-refractivity contribution in [1.82, 2.24) is 4.98 Å². The van der Waals surface area contributed by atoms with E-state index in [1.165, 1.54) is 23.1 Å². The maximum Gasteiger partial charge on any atom is 0.305 e. The van der Waals surface area contributed by atoms with E-state index >= 15 is 0 Å². The van der Waals surface area contributed by atoms with Crippen LogP contribution >= 0.6 is 23.1 Å². The molecule has 2 atom stereocenters. The number of carbonyl (C=O) groups excluding carboxylic acids is 1. The fraction of sp³-hybridized carbons (Fsp3) is 0.238. The minimum absolute atomic E-state index is 0.0383. The molecule has 1 aliphatic heterocycles. The topological polar surface area (TPSA) is 71.2 Å². The smallest absolute Gasteiger partial charge is 0.305 e. The molecule has 0 unspecified atom stereocenters. The number of thioether (sulfide) groups is 1. The van der Waals surface area contributed by atoms with Gasteiger partial charge in [0.05, 0.1) is 18.1 Å². The van der Waals surface area contributed by atoms with E-state index in [0.717, 1.165) is 32.5 Å². The molecule has 7 heteroatoms. The van der Waals surface area contributed by atoms with Gasteiger partial charge < -0.3 is 15.0 Å². The van der Waals surface area contributed by atoms with Crippen LogP contribution < -0.4 is 14.9 Å². The Kier molecular flexibility index (Phi) is 5.28. The molecule has 2 aromatic carbocycles. The zero-order valence-corrected chi connectivity index (χ0v) is 17.2. The van der Waals surface area contributed by atoms with E-state index in [0.29, 0.717) is 5.75 Å². The summed E-state index contributed by atoms with van der Waals surface area (Å²) in [5.74, 6) is 0.879. The molecule has 3 aromatic rings. The summed E-state index contributed by atoms with van der Waals surface area (Å²) in [6.07, 6.45) is 0. The SMILES string of the molecule is COc1ccc([C@@H]2c3sc(=O)[nH]c3SC[C@@H]2C(=O)Nc2ccc(C)cc2)cc1. The number of hydrogen-bond donors (Lipinski definition) is 2. The standard InChI is InChI=1S/C21H20N2O3S2/c1-12-3-7-14(8-4-12)22-19(24)16-11-27-20-18(28-21(25)23-20)17(16)13-5-9-15(26-2)10-6-13/h3-10,16-17H,11H2,1-2H3,(H,22,24)(H,23,25)/t16-,17-/m0/s1. The van der Waals surface area contributed by atoms with Crippen LogP contribution in [-0.2, 0) is 4.79 Å². The molecule has 2 heterocycles. The highest BCUT2D eigenvalue weighted by Crippen LogP contribution is 2.45. The summed E-state index contributed by atoms with van der Waals surface area (Å²) in [6, 6.07) is 15.5. The van der Waals surface area contributed by atoms with Crippen molar-refractivity contribution in [3.8, 4) is 5.75 Å². The number of H-pyrrole nitrogens is 1. The Morgan fingerprint density at radius 3 is 2.54 bits per heavy atom. The summed E-state index contributed by atoms with van der Waals surface area (Å²) >= 11 is 2.72. The molecule has 0 saturated carbocycles. The normalized spacial score (nSPS) is 18.4. The van der Waals surface area contributed by atoms with Crippen molar-refractivity contribution in [3.63, 3.8) is 0 Å². The predicted octanol–water partition coefficient (Wildman–Crippen LogP) is 4.25. The molecule has 4 rings (SSSR count). The number of rotatable bonds is 4. The molecule has 0 aliphatic carbocycles. The number of benzene rings is 2. The predicted molar refractivity (Wildman–Crippen MR) is 114 cm³/mol. The summed E-state index contributed by atoms with van der Waals surface area (Å²) in [4.78, 5) is 28.8. The number of ether oxygens (including phenoxy) is 1. The zero-order chi connectivity index (χ0) is 19.7. The first-order valence-electron chi connectivity index (χ1n) is 8.92. The number of amides is 1. The molecule has 5 nitrogen and oxygen atoms in total. The number of aromatic amines is 1. The number of aryl methyl sites for hydroxylation is 1. The highest BCUT2D eigenvalue weighted by Gasteiger charge is 2.38. The van der Waals surface area contributed by atoms with Crippen molar-refractivity contribution in [3.05, 3.63) is 74.2 Å². The van der Waals surface area contributed by atoms with Gasteiger partial charge in [-0.2, -0.15) is 0 Å². The molecule has 28 heavy (non-hydrogen) atoms. The van der Waals surface area contributed by atoms with Crippen LogP contribution in [0.2, 0.25) is 0 Å². The average molecular weight is 413 g/mol. The summed E-state index contributed by atoms with van der Waals surface area (Å²) in [5.41, 5.74) is 2.92. The molecular weight excluding hydrogens is 392 g/mol. The zero-order valence-electron chi connectivity index (χ0n) is 15.5. The van der Waals surface area contributed by atoms with Gasteiger partial charge in [-0.15, -0.1) is 11.8 Å². The van der Waals surface area contributed by atoms with Gasteiger partial charge in [0.1, 0.15) is 5.75 Å². The second-order valence-corrected chi connectivity index (χ2v) is 8.78. The summed E-state index contributed by atoms with van der Waals surface area (Å²) in [7, 11) is 1.63. The Bertz CT molecular complexity index is 1040. The quantitative estimate of drug-likeness (QED) is 0.672. The fourth-order valence-electron chi connectivity index (χ4n) is 3.38. The number of hydrogen-bond acceptors (Lipinski definition) is 5. The average Bonchev–Trinajstić information content (AvgIpc) is 3.09. The van der Waals surface area contributed by atoms with E-state index in [1.54, 1.807) is 7.11 Å². The summed E-state index contributed by atoms with van der Waals surface area (Å²) in [6.45, 7) is 2.01. The lowest BCUT2D eigenvalue weighted by Crippen LogP contribution is -2.32. The molecule has 1 aromatic heterocycles. The van der Waals surface area contributed by atoms with Gasteiger partial charge in [-0.1, -0.05) is 41.2 Å². The Balaban J connectivity index is 1.68. The van der Waals surface area contributed by atoms with Crippen LogP contribution in [0.5, 0.6) is 5.75 Å². The van der Waals surface area contributed by atoms with Crippen molar-refractivity contribution >= 4 is 34.7 Å². The molecule has 2 N–H and O–H groups in total. The molecule has 1 amide bonds. The minimum atomic E-state index is -0.279. The summed E-state index contributed by atoms with van der Waals surface area (Å²) in [5, 5.41) is 3.91. The Hall–Kier alpha value is -2.51. The van der Waals surface area contributed by atoms with Crippen LogP contribution in [0.4, 0.5) is 5.69 Å². The third-order valence-electron chi connectivity index (χ3n) is 4.86. The van der Waals surface area contributed by atoms with Gasteiger partial charge >= 0.3 is 4.87 Å². The van der Waals surface area contributed by atoms with Crippen molar-refractivity contribution in [2.45, 2.75) is 17.9 Å². The molecule has 0 saturated heterocycles.